The molecule has 1 amide bonds. The van der Waals surface area contributed by atoms with Crippen molar-refractivity contribution in [2.75, 3.05) is 38.2 Å². The first-order valence-electron chi connectivity index (χ1n) is 10.3. The highest BCUT2D eigenvalue weighted by atomic mass is 32.2. The van der Waals surface area contributed by atoms with Crippen molar-refractivity contribution in [1.29, 1.82) is 0 Å². The molecule has 1 aromatic heterocycles. The van der Waals surface area contributed by atoms with Crippen molar-refractivity contribution < 1.29 is 4.79 Å². The van der Waals surface area contributed by atoms with Crippen LogP contribution in [0.3, 0.4) is 0 Å². The van der Waals surface area contributed by atoms with E-state index < -0.39 is 0 Å². The summed E-state index contributed by atoms with van der Waals surface area (Å²) in [7, 11) is 4.21. The van der Waals surface area contributed by atoms with E-state index in [-0.39, 0.29) is 5.91 Å². The van der Waals surface area contributed by atoms with E-state index in [1.165, 1.54) is 16.8 Å². The summed E-state index contributed by atoms with van der Waals surface area (Å²) in [6.45, 7) is 2.72. The molecule has 1 aliphatic heterocycles. The van der Waals surface area contributed by atoms with Gasteiger partial charge in [0.05, 0.1) is 0 Å². The summed E-state index contributed by atoms with van der Waals surface area (Å²) in [4.78, 5) is 17.6. The second-order valence-corrected chi connectivity index (χ2v) is 9.14. The number of carbonyl (C=O) groups is 1. The molecular formula is C22H30N4OS. The molecular weight excluding hydrogens is 368 g/mol. The predicted octanol–water partition coefficient (Wildman–Crippen LogP) is 2.64. The molecule has 1 aromatic carbocycles. The number of aryl methyl sites for hydroxylation is 1. The van der Waals surface area contributed by atoms with Crippen molar-refractivity contribution in [2.45, 2.75) is 31.7 Å². The van der Waals surface area contributed by atoms with E-state index in [1.54, 1.807) is 0 Å². The fraction of sp³-hybridized carbons (Fsp3) is 0.545. The summed E-state index contributed by atoms with van der Waals surface area (Å²) in [6, 6.07) is 11.1. The van der Waals surface area contributed by atoms with Crippen molar-refractivity contribution >= 4 is 17.7 Å². The maximum atomic E-state index is 13.1. The molecule has 0 N–H and O–H groups in total. The third-order valence-corrected chi connectivity index (χ3v) is 7.09. The van der Waals surface area contributed by atoms with Gasteiger partial charge in [-0.2, -0.15) is 16.9 Å². The minimum absolute atomic E-state index is 0.129. The van der Waals surface area contributed by atoms with Gasteiger partial charge in [0.1, 0.15) is 0 Å². The van der Waals surface area contributed by atoms with E-state index in [0.29, 0.717) is 11.7 Å². The molecule has 5 nitrogen and oxygen atoms in total. The quantitative estimate of drug-likeness (QED) is 0.776. The normalized spacial score (nSPS) is 19.7. The number of hydrogen-bond donors (Lipinski definition) is 0. The highest BCUT2D eigenvalue weighted by molar-refractivity contribution is 7.99. The smallest absolute Gasteiger partial charge is 0.274 e. The van der Waals surface area contributed by atoms with Crippen molar-refractivity contribution in [1.82, 2.24) is 19.6 Å². The van der Waals surface area contributed by atoms with Crippen LogP contribution < -0.4 is 0 Å². The van der Waals surface area contributed by atoms with Crippen LogP contribution in [0.25, 0.3) is 0 Å². The molecule has 4 rings (SSSR count). The zero-order valence-corrected chi connectivity index (χ0v) is 17.7. The van der Waals surface area contributed by atoms with Crippen LogP contribution >= 0.6 is 11.8 Å². The molecule has 2 aliphatic rings. The van der Waals surface area contributed by atoms with E-state index in [4.69, 9.17) is 0 Å². The topological polar surface area (TPSA) is 41.4 Å². The molecule has 28 heavy (non-hydrogen) atoms. The van der Waals surface area contributed by atoms with Gasteiger partial charge >= 0.3 is 0 Å². The van der Waals surface area contributed by atoms with Crippen molar-refractivity contribution in [3.63, 3.8) is 0 Å². The number of carbonyl (C=O) groups excluding carboxylic acids is 1. The standard InChI is InChI=1S/C22H30N4OS/c1-24(11-10-17-6-4-3-5-7-17)18-8-9-20-19(16-18)21(23-25(20)2)22(27)26-12-14-28-15-13-26/h3-7,18H,8-16H2,1-2H3/t18-/m0/s1. The summed E-state index contributed by atoms with van der Waals surface area (Å²) in [5, 5.41) is 4.65. The lowest BCUT2D eigenvalue weighted by Gasteiger charge is -2.32. The molecule has 0 spiro atoms. The average molecular weight is 399 g/mol. The molecule has 6 heteroatoms. The Morgan fingerprint density at radius 3 is 2.75 bits per heavy atom. The molecule has 0 unspecified atom stereocenters. The molecule has 150 valence electrons. The Labute approximate surface area is 172 Å². The van der Waals surface area contributed by atoms with Gasteiger partial charge in [-0.05, 0) is 38.3 Å². The first kappa shape index (κ1) is 19.5. The lowest BCUT2D eigenvalue weighted by atomic mass is 9.90. The maximum Gasteiger partial charge on any atom is 0.274 e. The number of thioether (sulfide) groups is 1. The third-order valence-electron chi connectivity index (χ3n) is 6.15. The summed E-state index contributed by atoms with van der Waals surface area (Å²) in [6.07, 6.45) is 4.12. The molecule has 0 saturated carbocycles. The minimum Gasteiger partial charge on any atom is -0.336 e. The van der Waals surface area contributed by atoms with Crippen LogP contribution in [0.2, 0.25) is 0 Å². The van der Waals surface area contributed by atoms with Gasteiger partial charge in [-0.25, -0.2) is 0 Å². The second-order valence-electron chi connectivity index (χ2n) is 7.91. The minimum atomic E-state index is 0.129. The summed E-state index contributed by atoms with van der Waals surface area (Å²) in [5.74, 6) is 2.20. The predicted molar refractivity (Wildman–Crippen MR) is 115 cm³/mol. The Kier molecular flexibility index (Phi) is 6.07. The number of rotatable bonds is 5. The zero-order valence-electron chi connectivity index (χ0n) is 16.9. The third kappa shape index (κ3) is 4.13. The monoisotopic (exact) mass is 398 g/mol. The fourth-order valence-electron chi connectivity index (χ4n) is 4.37. The Morgan fingerprint density at radius 1 is 1.25 bits per heavy atom. The van der Waals surface area contributed by atoms with Crippen LogP contribution in [0.15, 0.2) is 30.3 Å². The first-order chi connectivity index (χ1) is 13.6. The van der Waals surface area contributed by atoms with Crippen molar-refractivity contribution in [3.8, 4) is 0 Å². The van der Waals surface area contributed by atoms with Crippen molar-refractivity contribution in [2.24, 2.45) is 7.05 Å². The van der Waals surface area contributed by atoms with Gasteiger partial charge in [-0.15, -0.1) is 0 Å². The number of hydrogen-bond acceptors (Lipinski definition) is 4. The molecule has 0 radical (unpaired) electrons. The number of likely N-dealkylation sites (N-methyl/N-ethyl adjacent to an activating group) is 1. The number of amides is 1. The van der Waals surface area contributed by atoms with Gasteiger partial charge in [0, 0.05) is 55.5 Å². The van der Waals surface area contributed by atoms with E-state index in [2.05, 4.69) is 47.4 Å². The highest BCUT2D eigenvalue weighted by Crippen LogP contribution is 2.28. The zero-order chi connectivity index (χ0) is 19.5. The van der Waals surface area contributed by atoms with Gasteiger partial charge in [-0.3, -0.25) is 9.48 Å². The molecule has 1 saturated heterocycles. The Morgan fingerprint density at radius 2 is 2.00 bits per heavy atom. The van der Waals surface area contributed by atoms with E-state index in [1.807, 2.05) is 28.4 Å². The molecule has 2 aromatic rings. The maximum absolute atomic E-state index is 13.1. The van der Waals surface area contributed by atoms with Gasteiger partial charge in [0.15, 0.2) is 5.69 Å². The number of aromatic nitrogens is 2. The first-order valence-corrected chi connectivity index (χ1v) is 11.4. The lowest BCUT2D eigenvalue weighted by Crippen LogP contribution is -2.40. The van der Waals surface area contributed by atoms with Gasteiger partial charge < -0.3 is 9.80 Å². The van der Waals surface area contributed by atoms with Crippen LogP contribution in [0.1, 0.15) is 33.7 Å². The van der Waals surface area contributed by atoms with E-state index >= 15 is 0 Å². The highest BCUT2D eigenvalue weighted by Gasteiger charge is 2.32. The van der Waals surface area contributed by atoms with Gasteiger partial charge in [0.2, 0.25) is 0 Å². The molecule has 1 fully saturated rings. The van der Waals surface area contributed by atoms with E-state index in [0.717, 1.165) is 56.8 Å². The summed E-state index contributed by atoms with van der Waals surface area (Å²) >= 11 is 1.93. The van der Waals surface area contributed by atoms with Crippen molar-refractivity contribution in [3.05, 3.63) is 52.8 Å². The van der Waals surface area contributed by atoms with Crippen LogP contribution in [-0.2, 0) is 26.3 Å². The number of nitrogens with zero attached hydrogens (tertiary/aromatic N) is 4. The van der Waals surface area contributed by atoms with Crippen LogP contribution in [0, 0.1) is 0 Å². The van der Waals surface area contributed by atoms with Gasteiger partial charge in [0.25, 0.3) is 5.91 Å². The Hall–Kier alpha value is -1.79. The van der Waals surface area contributed by atoms with Crippen LogP contribution in [0.5, 0.6) is 0 Å². The SMILES string of the molecule is CN(CCc1ccccc1)[C@H]1CCc2c(c(C(=O)N3CCSCC3)nn2C)C1. The second kappa shape index (κ2) is 8.70. The number of fused-ring (bicyclic) bond motifs is 1. The number of benzene rings is 1. The lowest BCUT2D eigenvalue weighted by molar-refractivity contribution is 0.0764. The van der Waals surface area contributed by atoms with Gasteiger partial charge in [-0.1, -0.05) is 30.3 Å². The summed E-state index contributed by atoms with van der Waals surface area (Å²) in [5.41, 5.74) is 4.52. The Balaban J connectivity index is 1.45. The molecule has 1 atom stereocenters. The molecule has 2 heterocycles. The fourth-order valence-corrected chi connectivity index (χ4v) is 5.27. The summed E-state index contributed by atoms with van der Waals surface area (Å²) < 4.78 is 1.95. The Bertz CT molecular complexity index is 813. The van der Waals surface area contributed by atoms with E-state index in [9.17, 15) is 4.79 Å². The van der Waals surface area contributed by atoms with Crippen LogP contribution in [0.4, 0.5) is 0 Å². The average Bonchev–Trinajstić information content (AvgIpc) is 3.08. The largest absolute Gasteiger partial charge is 0.336 e. The molecule has 1 aliphatic carbocycles. The van der Waals surface area contributed by atoms with Crippen LogP contribution in [-0.4, -0.2) is 69.7 Å². The molecule has 0 bridgehead atoms.